The smallest absolute Gasteiger partial charge is 0.416 e. The van der Waals surface area contributed by atoms with Crippen molar-refractivity contribution >= 4 is 23.2 Å². The van der Waals surface area contributed by atoms with Gasteiger partial charge in [0.25, 0.3) is 0 Å². The molecule has 5 nitrogen and oxygen atoms in total. The first-order valence-corrected chi connectivity index (χ1v) is 8.21. The van der Waals surface area contributed by atoms with Crippen LogP contribution < -0.4 is 15.0 Å². The van der Waals surface area contributed by atoms with Crippen molar-refractivity contribution in [2.75, 3.05) is 23.9 Å². The fourth-order valence-electron chi connectivity index (χ4n) is 2.96. The zero-order chi connectivity index (χ0) is 19.6. The molecule has 0 spiro atoms. The molecule has 2 aromatic rings. The highest BCUT2D eigenvalue weighted by Crippen LogP contribution is 2.33. The van der Waals surface area contributed by atoms with E-state index in [2.05, 4.69) is 5.32 Å². The molecule has 1 heterocycles. The first-order valence-electron chi connectivity index (χ1n) is 8.21. The molecule has 27 heavy (non-hydrogen) atoms. The van der Waals surface area contributed by atoms with E-state index in [0.717, 1.165) is 12.1 Å². The monoisotopic (exact) mass is 378 g/mol. The van der Waals surface area contributed by atoms with Gasteiger partial charge >= 0.3 is 6.18 Å². The lowest BCUT2D eigenvalue weighted by atomic mass is 10.1. The molecule has 3 rings (SSSR count). The number of halogens is 3. The number of ether oxygens (including phenoxy) is 1. The van der Waals surface area contributed by atoms with Crippen LogP contribution in [-0.4, -0.2) is 25.5 Å². The number of anilines is 2. The Morgan fingerprint density at radius 2 is 1.81 bits per heavy atom. The molecule has 1 aliphatic heterocycles. The van der Waals surface area contributed by atoms with Crippen LogP contribution in [0.25, 0.3) is 0 Å². The number of nitrogens with one attached hydrogen (secondary N) is 1. The van der Waals surface area contributed by atoms with E-state index in [1.54, 1.807) is 24.3 Å². The van der Waals surface area contributed by atoms with Crippen LogP contribution in [0.3, 0.4) is 0 Å². The molecular weight excluding hydrogens is 361 g/mol. The lowest BCUT2D eigenvalue weighted by Crippen LogP contribution is -2.28. The summed E-state index contributed by atoms with van der Waals surface area (Å²) in [6.45, 7) is 0.172. The van der Waals surface area contributed by atoms with Gasteiger partial charge in [0.15, 0.2) is 0 Å². The summed E-state index contributed by atoms with van der Waals surface area (Å²) in [5.41, 5.74) is 0.0323. The summed E-state index contributed by atoms with van der Waals surface area (Å²) < 4.78 is 43.0. The minimum absolute atomic E-state index is 0.0184. The third-order valence-corrected chi connectivity index (χ3v) is 4.35. The Kier molecular flexibility index (Phi) is 5.07. The average Bonchev–Trinajstić information content (AvgIpc) is 3.03. The van der Waals surface area contributed by atoms with E-state index in [-0.39, 0.29) is 24.6 Å². The zero-order valence-corrected chi connectivity index (χ0v) is 14.4. The Hall–Kier alpha value is -3.03. The van der Waals surface area contributed by atoms with Gasteiger partial charge in [-0.25, -0.2) is 0 Å². The van der Waals surface area contributed by atoms with Crippen molar-refractivity contribution < 1.29 is 27.5 Å². The molecule has 0 aliphatic carbocycles. The maximum atomic E-state index is 12.6. The number of hydrogen-bond acceptors (Lipinski definition) is 3. The van der Waals surface area contributed by atoms with Crippen molar-refractivity contribution in [1.82, 2.24) is 0 Å². The molecule has 1 N–H and O–H groups in total. The van der Waals surface area contributed by atoms with E-state index in [1.165, 1.54) is 24.1 Å². The summed E-state index contributed by atoms with van der Waals surface area (Å²) in [5.74, 6) is -0.716. The maximum Gasteiger partial charge on any atom is 0.416 e. The standard InChI is InChI=1S/C19H17F3N2O3/c1-27-16-5-3-2-4-15(16)24-11-12(10-17(24)25)18(26)23-14-8-6-13(7-9-14)19(20,21)22/h2-9,12H,10-11H2,1H3,(H,23,26)/t12-/m1/s1. The van der Waals surface area contributed by atoms with Crippen molar-refractivity contribution in [3.8, 4) is 5.75 Å². The van der Waals surface area contributed by atoms with E-state index < -0.39 is 23.6 Å². The van der Waals surface area contributed by atoms with Crippen LogP contribution in [0, 0.1) is 5.92 Å². The first kappa shape index (κ1) is 18.8. The molecular formula is C19H17F3N2O3. The van der Waals surface area contributed by atoms with Crippen LogP contribution in [0.15, 0.2) is 48.5 Å². The Balaban J connectivity index is 1.69. The molecule has 1 fully saturated rings. The number of para-hydroxylation sites is 2. The average molecular weight is 378 g/mol. The fraction of sp³-hybridized carbons (Fsp3) is 0.263. The van der Waals surface area contributed by atoms with Gasteiger partial charge in [-0.2, -0.15) is 13.2 Å². The predicted octanol–water partition coefficient (Wildman–Crippen LogP) is 3.71. The quantitative estimate of drug-likeness (QED) is 0.883. The minimum Gasteiger partial charge on any atom is -0.495 e. The summed E-state index contributed by atoms with van der Waals surface area (Å²) >= 11 is 0. The highest BCUT2D eigenvalue weighted by Gasteiger charge is 2.36. The van der Waals surface area contributed by atoms with Crippen LogP contribution in [0.1, 0.15) is 12.0 Å². The molecule has 1 saturated heterocycles. The highest BCUT2D eigenvalue weighted by atomic mass is 19.4. The Morgan fingerprint density at radius 3 is 2.44 bits per heavy atom. The van der Waals surface area contributed by atoms with Crippen molar-refractivity contribution in [2.24, 2.45) is 5.92 Å². The molecule has 1 aliphatic rings. The van der Waals surface area contributed by atoms with Gasteiger partial charge in [-0.15, -0.1) is 0 Å². The van der Waals surface area contributed by atoms with Crippen molar-refractivity contribution in [1.29, 1.82) is 0 Å². The predicted molar refractivity (Wildman–Crippen MR) is 93.5 cm³/mol. The molecule has 0 saturated carbocycles. The number of hydrogen-bond donors (Lipinski definition) is 1. The largest absolute Gasteiger partial charge is 0.495 e. The number of carbonyl (C=O) groups is 2. The molecule has 0 radical (unpaired) electrons. The third-order valence-electron chi connectivity index (χ3n) is 4.35. The molecule has 0 aromatic heterocycles. The number of alkyl halides is 3. The summed E-state index contributed by atoms with van der Waals surface area (Å²) in [7, 11) is 1.49. The van der Waals surface area contributed by atoms with E-state index in [1.807, 2.05) is 0 Å². The number of benzene rings is 2. The summed E-state index contributed by atoms with van der Waals surface area (Å²) in [6.07, 6.45) is -4.42. The number of methoxy groups -OCH3 is 1. The van der Waals surface area contributed by atoms with Crippen LogP contribution in [-0.2, 0) is 15.8 Å². The van der Waals surface area contributed by atoms with Crippen LogP contribution in [0.5, 0.6) is 5.75 Å². The van der Waals surface area contributed by atoms with Crippen LogP contribution in [0.2, 0.25) is 0 Å². The van der Waals surface area contributed by atoms with E-state index in [4.69, 9.17) is 4.74 Å². The van der Waals surface area contributed by atoms with Crippen molar-refractivity contribution in [3.63, 3.8) is 0 Å². The SMILES string of the molecule is COc1ccccc1N1C[C@H](C(=O)Nc2ccc(C(F)(F)F)cc2)CC1=O. The van der Waals surface area contributed by atoms with Gasteiger partial charge in [0.1, 0.15) is 5.75 Å². The van der Waals surface area contributed by atoms with Gasteiger partial charge in [0.2, 0.25) is 11.8 Å². The summed E-state index contributed by atoms with van der Waals surface area (Å²) in [6, 6.07) is 11.2. The van der Waals surface area contributed by atoms with Gasteiger partial charge in [-0.3, -0.25) is 9.59 Å². The van der Waals surface area contributed by atoms with Crippen LogP contribution >= 0.6 is 0 Å². The number of carbonyl (C=O) groups excluding carboxylic acids is 2. The Bertz CT molecular complexity index is 850. The zero-order valence-electron chi connectivity index (χ0n) is 14.4. The lowest BCUT2D eigenvalue weighted by Gasteiger charge is -2.19. The second-order valence-corrected chi connectivity index (χ2v) is 6.14. The number of nitrogens with zero attached hydrogens (tertiary/aromatic N) is 1. The van der Waals surface area contributed by atoms with E-state index >= 15 is 0 Å². The Labute approximate surface area is 153 Å². The van der Waals surface area contributed by atoms with Gasteiger partial charge in [-0.05, 0) is 36.4 Å². The van der Waals surface area contributed by atoms with Gasteiger partial charge in [0, 0.05) is 18.7 Å². The number of amides is 2. The van der Waals surface area contributed by atoms with Gasteiger partial charge in [-0.1, -0.05) is 12.1 Å². The second-order valence-electron chi connectivity index (χ2n) is 6.14. The molecule has 1 atom stereocenters. The Morgan fingerprint density at radius 1 is 1.15 bits per heavy atom. The minimum atomic E-state index is -4.43. The third kappa shape index (κ3) is 4.05. The van der Waals surface area contributed by atoms with E-state index in [0.29, 0.717) is 11.4 Å². The lowest BCUT2D eigenvalue weighted by molar-refractivity contribution is -0.137. The van der Waals surface area contributed by atoms with Crippen molar-refractivity contribution in [2.45, 2.75) is 12.6 Å². The summed E-state index contributed by atoms with van der Waals surface area (Å²) in [5, 5.41) is 2.57. The molecule has 8 heteroatoms. The first-order chi connectivity index (χ1) is 12.8. The second kappa shape index (κ2) is 7.30. The van der Waals surface area contributed by atoms with Gasteiger partial charge in [0.05, 0.1) is 24.3 Å². The topological polar surface area (TPSA) is 58.6 Å². The number of rotatable bonds is 4. The fourth-order valence-corrected chi connectivity index (χ4v) is 2.96. The molecule has 2 amide bonds. The van der Waals surface area contributed by atoms with E-state index in [9.17, 15) is 22.8 Å². The molecule has 0 unspecified atom stereocenters. The van der Waals surface area contributed by atoms with Gasteiger partial charge < -0.3 is 15.0 Å². The molecule has 2 aromatic carbocycles. The highest BCUT2D eigenvalue weighted by molar-refractivity contribution is 6.04. The summed E-state index contributed by atoms with van der Waals surface area (Å²) in [4.78, 5) is 26.2. The van der Waals surface area contributed by atoms with Crippen molar-refractivity contribution in [3.05, 3.63) is 54.1 Å². The maximum absolute atomic E-state index is 12.6. The normalized spacial score (nSPS) is 17.1. The van der Waals surface area contributed by atoms with Crippen LogP contribution in [0.4, 0.5) is 24.5 Å². The molecule has 0 bridgehead atoms. The molecule has 142 valence electrons.